The number of amides is 1. The third-order valence-electron chi connectivity index (χ3n) is 4.12. The maximum absolute atomic E-state index is 12.3. The van der Waals surface area contributed by atoms with Crippen molar-refractivity contribution < 1.29 is 9.53 Å². The van der Waals surface area contributed by atoms with E-state index in [9.17, 15) is 4.79 Å². The van der Waals surface area contributed by atoms with Crippen LogP contribution in [0, 0.1) is 5.92 Å². The Morgan fingerprint density at radius 2 is 2.05 bits per heavy atom. The zero-order valence-electron chi connectivity index (χ0n) is 11.4. The fraction of sp³-hybridized carbons (Fsp3) is 0.600. The summed E-state index contributed by atoms with van der Waals surface area (Å²) < 4.78 is 6.66. The number of rotatable bonds is 3. The number of carbonyl (C=O) groups excluding carboxylic acids is 1. The summed E-state index contributed by atoms with van der Waals surface area (Å²) in [4.78, 5) is 18.4. The van der Waals surface area contributed by atoms with Crippen LogP contribution in [-0.4, -0.2) is 35.0 Å². The van der Waals surface area contributed by atoms with Gasteiger partial charge in [-0.3, -0.25) is 4.79 Å². The van der Waals surface area contributed by atoms with Gasteiger partial charge >= 0.3 is 0 Å². The standard InChI is InChI=1S/C15H19BrN2O2/c16-13-7-4-8-17-14(13)20-12-9-18(10-12)15(19)11-5-2-1-3-6-11/h4,7-8,11-12H,1-3,5-6,9-10H2. The third kappa shape index (κ3) is 2.97. The molecule has 20 heavy (non-hydrogen) atoms. The number of pyridine rings is 1. The van der Waals surface area contributed by atoms with Gasteiger partial charge in [-0.25, -0.2) is 4.98 Å². The van der Waals surface area contributed by atoms with Gasteiger partial charge < -0.3 is 9.64 Å². The summed E-state index contributed by atoms with van der Waals surface area (Å²) >= 11 is 3.42. The van der Waals surface area contributed by atoms with Crippen molar-refractivity contribution in [1.29, 1.82) is 0 Å². The van der Waals surface area contributed by atoms with Gasteiger partial charge in [0.1, 0.15) is 6.10 Å². The van der Waals surface area contributed by atoms with Crippen LogP contribution in [0.25, 0.3) is 0 Å². The van der Waals surface area contributed by atoms with Crippen LogP contribution in [0.2, 0.25) is 0 Å². The van der Waals surface area contributed by atoms with E-state index in [4.69, 9.17) is 4.74 Å². The van der Waals surface area contributed by atoms with Gasteiger partial charge in [0.25, 0.3) is 0 Å². The molecule has 2 aliphatic rings. The molecule has 1 aliphatic heterocycles. The van der Waals surface area contributed by atoms with Crippen LogP contribution in [0.3, 0.4) is 0 Å². The maximum Gasteiger partial charge on any atom is 0.228 e. The molecule has 108 valence electrons. The number of likely N-dealkylation sites (tertiary alicyclic amines) is 1. The number of ether oxygens (including phenoxy) is 1. The lowest BCUT2D eigenvalue weighted by Gasteiger charge is -2.41. The number of aromatic nitrogens is 1. The molecule has 1 aromatic heterocycles. The van der Waals surface area contributed by atoms with Crippen molar-refractivity contribution in [3.63, 3.8) is 0 Å². The van der Waals surface area contributed by atoms with Crippen molar-refractivity contribution >= 4 is 21.8 Å². The molecular weight excluding hydrogens is 320 g/mol. The first-order valence-corrected chi connectivity index (χ1v) is 8.09. The predicted molar refractivity (Wildman–Crippen MR) is 79.5 cm³/mol. The summed E-state index contributed by atoms with van der Waals surface area (Å²) in [6.45, 7) is 1.39. The summed E-state index contributed by atoms with van der Waals surface area (Å²) in [5, 5.41) is 0. The molecule has 1 saturated carbocycles. The average Bonchev–Trinajstić information content (AvgIpc) is 2.44. The van der Waals surface area contributed by atoms with Crippen LogP contribution in [-0.2, 0) is 4.79 Å². The first-order valence-electron chi connectivity index (χ1n) is 7.30. The molecule has 2 heterocycles. The topological polar surface area (TPSA) is 42.4 Å². The highest BCUT2D eigenvalue weighted by Crippen LogP contribution is 2.29. The zero-order chi connectivity index (χ0) is 13.9. The SMILES string of the molecule is O=C(C1CCCCC1)N1CC(Oc2ncccc2Br)C1. The Balaban J connectivity index is 1.49. The number of hydrogen-bond acceptors (Lipinski definition) is 3. The lowest BCUT2D eigenvalue weighted by molar-refractivity contribution is -0.145. The first-order chi connectivity index (χ1) is 9.74. The van der Waals surface area contributed by atoms with Gasteiger partial charge in [-0.05, 0) is 40.9 Å². The molecule has 0 N–H and O–H groups in total. The van der Waals surface area contributed by atoms with Crippen LogP contribution in [0.4, 0.5) is 0 Å². The molecular formula is C15H19BrN2O2. The van der Waals surface area contributed by atoms with Gasteiger partial charge in [-0.15, -0.1) is 0 Å². The van der Waals surface area contributed by atoms with Gasteiger partial charge in [0.2, 0.25) is 11.8 Å². The lowest BCUT2D eigenvalue weighted by Crippen LogP contribution is -2.57. The van der Waals surface area contributed by atoms with E-state index in [1.807, 2.05) is 17.0 Å². The third-order valence-corrected chi connectivity index (χ3v) is 4.72. The molecule has 2 fully saturated rings. The van der Waals surface area contributed by atoms with Crippen molar-refractivity contribution in [3.05, 3.63) is 22.8 Å². The minimum atomic E-state index is 0.0775. The second kappa shape index (κ2) is 6.12. The number of carbonyl (C=O) groups is 1. The summed E-state index contributed by atoms with van der Waals surface area (Å²) in [6, 6.07) is 3.77. The largest absolute Gasteiger partial charge is 0.470 e. The molecule has 3 rings (SSSR count). The minimum absolute atomic E-state index is 0.0775. The normalized spacial score (nSPS) is 20.6. The number of nitrogens with zero attached hydrogens (tertiary/aromatic N) is 2. The second-order valence-corrected chi connectivity index (χ2v) is 6.46. The van der Waals surface area contributed by atoms with E-state index in [0.717, 1.165) is 17.3 Å². The van der Waals surface area contributed by atoms with Crippen LogP contribution in [0.1, 0.15) is 32.1 Å². The van der Waals surface area contributed by atoms with Gasteiger partial charge in [0, 0.05) is 12.1 Å². The fourth-order valence-electron chi connectivity index (χ4n) is 2.92. The Bertz CT molecular complexity index is 483. The van der Waals surface area contributed by atoms with Crippen molar-refractivity contribution in [2.75, 3.05) is 13.1 Å². The highest BCUT2D eigenvalue weighted by Gasteiger charge is 2.36. The van der Waals surface area contributed by atoms with Gasteiger partial charge in [0.05, 0.1) is 17.6 Å². The van der Waals surface area contributed by atoms with Crippen molar-refractivity contribution in [2.24, 2.45) is 5.92 Å². The quantitative estimate of drug-likeness (QED) is 0.850. The van der Waals surface area contributed by atoms with E-state index in [0.29, 0.717) is 24.9 Å². The molecule has 4 nitrogen and oxygen atoms in total. The Hall–Kier alpha value is -1.10. The van der Waals surface area contributed by atoms with E-state index in [2.05, 4.69) is 20.9 Å². The molecule has 0 spiro atoms. The van der Waals surface area contributed by atoms with Crippen LogP contribution in [0.15, 0.2) is 22.8 Å². The highest BCUT2D eigenvalue weighted by molar-refractivity contribution is 9.10. The van der Waals surface area contributed by atoms with E-state index in [-0.39, 0.29) is 12.0 Å². The molecule has 1 aromatic rings. The fourth-order valence-corrected chi connectivity index (χ4v) is 3.26. The van der Waals surface area contributed by atoms with Crippen molar-refractivity contribution in [1.82, 2.24) is 9.88 Å². The summed E-state index contributed by atoms with van der Waals surface area (Å²) in [5.74, 6) is 1.19. The number of halogens is 1. The highest BCUT2D eigenvalue weighted by atomic mass is 79.9. The van der Waals surface area contributed by atoms with Crippen LogP contribution >= 0.6 is 15.9 Å². The Morgan fingerprint density at radius 3 is 2.75 bits per heavy atom. The van der Waals surface area contributed by atoms with Crippen molar-refractivity contribution in [2.45, 2.75) is 38.2 Å². The summed E-state index contributed by atoms with van der Waals surface area (Å²) in [7, 11) is 0. The van der Waals surface area contributed by atoms with E-state index in [1.54, 1.807) is 6.20 Å². The summed E-state index contributed by atoms with van der Waals surface area (Å²) in [5.41, 5.74) is 0. The van der Waals surface area contributed by atoms with Gasteiger partial charge in [0.15, 0.2) is 0 Å². The maximum atomic E-state index is 12.3. The number of hydrogen-bond donors (Lipinski definition) is 0. The van der Waals surface area contributed by atoms with Crippen LogP contribution in [0.5, 0.6) is 5.88 Å². The summed E-state index contributed by atoms with van der Waals surface area (Å²) in [6.07, 6.45) is 7.59. The Labute approximate surface area is 127 Å². The smallest absolute Gasteiger partial charge is 0.228 e. The van der Waals surface area contributed by atoms with E-state index < -0.39 is 0 Å². The molecule has 0 aromatic carbocycles. The Morgan fingerprint density at radius 1 is 1.30 bits per heavy atom. The molecule has 5 heteroatoms. The molecule has 0 unspecified atom stereocenters. The zero-order valence-corrected chi connectivity index (χ0v) is 13.0. The molecule has 1 saturated heterocycles. The first kappa shape index (κ1) is 13.9. The van der Waals surface area contributed by atoms with Gasteiger partial charge in [-0.2, -0.15) is 0 Å². The van der Waals surface area contributed by atoms with E-state index >= 15 is 0 Å². The average molecular weight is 339 g/mol. The van der Waals surface area contributed by atoms with Gasteiger partial charge in [-0.1, -0.05) is 19.3 Å². The van der Waals surface area contributed by atoms with E-state index in [1.165, 1.54) is 19.3 Å². The molecule has 0 atom stereocenters. The second-order valence-electron chi connectivity index (χ2n) is 5.61. The van der Waals surface area contributed by atoms with Crippen molar-refractivity contribution in [3.8, 4) is 5.88 Å². The molecule has 1 amide bonds. The Kier molecular flexibility index (Phi) is 4.24. The predicted octanol–water partition coefficient (Wildman–Crippen LogP) is 3.01. The lowest BCUT2D eigenvalue weighted by atomic mass is 9.87. The molecule has 0 radical (unpaired) electrons. The molecule has 0 bridgehead atoms. The minimum Gasteiger partial charge on any atom is -0.470 e. The monoisotopic (exact) mass is 338 g/mol. The van der Waals surface area contributed by atoms with Crippen LogP contribution < -0.4 is 4.74 Å². The molecule has 1 aliphatic carbocycles.